The largest absolute Gasteiger partial charge is 0.309 e. The number of amides is 1. The lowest BCUT2D eigenvalue weighted by molar-refractivity contribution is 0.0981. The topological polar surface area (TPSA) is 53.5 Å². The molecule has 1 aromatic heterocycles. The number of carbonyl (C=O) groups is 2. The summed E-state index contributed by atoms with van der Waals surface area (Å²) in [6.07, 6.45) is 0.678. The molecule has 9 heteroatoms. The first-order chi connectivity index (χ1) is 13.8. The number of thiazole rings is 1. The van der Waals surface area contributed by atoms with Crippen LogP contribution in [0.2, 0.25) is 0 Å². The van der Waals surface area contributed by atoms with Crippen molar-refractivity contribution < 1.29 is 18.4 Å². The average molecular weight is 454 g/mol. The van der Waals surface area contributed by atoms with Gasteiger partial charge in [-0.3, -0.25) is 14.5 Å². The Kier molecular flexibility index (Phi) is 8.00. The number of aromatic nitrogens is 1. The monoisotopic (exact) mass is 453 g/mol. The van der Waals surface area contributed by atoms with E-state index < -0.39 is 11.6 Å². The van der Waals surface area contributed by atoms with Crippen molar-refractivity contribution in [1.29, 1.82) is 0 Å². The van der Waals surface area contributed by atoms with Gasteiger partial charge in [0, 0.05) is 23.7 Å². The summed E-state index contributed by atoms with van der Waals surface area (Å²) >= 11 is 1.07. The van der Waals surface area contributed by atoms with Gasteiger partial charge in [0.1, 0.15) is 11.3 Å². The minimum Gasteiger partial charge on any atom is -0.309 e. The summed E-state index contributed by atoms with van der Waals surface area (Å²) in [6, 6.07) is 8.37. The highest BCUT2D eigenvalue weighted by Gasteiger charge is 2.22. The summed E-state index contributed by atoms with van der Waals surface area (Å²) in [5.74, 6) is -1.83. The Hall–Kier alpha value is -2.42. The van der Waals surface area contributed by atoms with Crippen LogP contribution in [0.4, 0.5) is 13.9 Å². The van der Waals surface area contributed by atoms with E-state index in [-0.39, 0.29) is 29.6 Å². The summed E-state index contributed by atoms with van der Waals surface area (Å²) in [7, 11) is 3.87. The zero-order valence-corrected chi connectivity index (χ0v) is 18.4. The van der Waals surface area contributed by atoms with Gasteiger partial charge in [-0.15, -0.1) is 12.4 Å². The molecule has 3 rings (SSSR count). The third kappa shape index (κ3) is 5.38. The molecule has 0 aliphatic carbocycles. The molecule has 0 unspecified atom stereocenters. The van der Waals surface area contributed by atoms with Crippen LogP contribution in [0, 0.1) is 11.6 Å². The van der Waals surface area contributed by atoms with Crippen LogP contribution < -0.4 is 4.90 Å². The van der Waals surface area contributed by atoms with E-state index in [2.05, 4.69) is 4.98 Å². The van der Waals surface area contributed by atoms with Crippen molar-refractivity contribution in [2.24, 2.45) is 0 Å². The summed E-state index contributed by atoms with van der Waals surface area (Å²) in [5, 5.41) is 0.309. The number of fused-ring (bicyclic) bond motifs is 1. The Labute approximate surface area is 183 Å². The van der Waals surface area contributed by atoms with E-state index in [4.69, 9.17) is 0 Å². The highest BCUT2D eigenvalue weighted by molar-refractivity contribution is 7.22. The summed E-state index contributed by atoms with van der Waals surface area (Å²) < 4.78 is 28.0. The number of halogens is 3. The van der Waals surface area contributed by atoms with E-state index >= 15 is 0 Å². The van der Waals surface area contributed by atoms with Crippen LogP contribution in [-0.2, 0) is 0 Å². The van der Waals surface area contributed by atoms with E-state index in [0.717, 1.165) is 23.9 Å². The number of hydrogen-bond donors (Lipinski definition) is 0. The molecule has 0 N–H and O–H groups in total. The molecule has 0 bridgehead atoms. The summed E-state index contributed by atoms with van der Waals surface area (Å²) in [6.45, 7) is 2.58. The van der Waals surface area contributed by atoms with Crippen molar-refractivity contribution >= 4 is 50.8 Å². The average Bonchev–Trinajstić information content (AvgIpc) is 3.08. The predicted molar refractivity (Wildman–Crippen MR) is 118 cm³/mol. The normalized spacial score (nSPS) is 10.9. The van der Waals surface area contributed by atoms with Gasteiger partial charge in [-0.2, -0.15) is 0 Å². The first-order valence-electron chi connectivity index (χ1n) is 9.09. The Balaban J connectivity index is 0.00000320. The van der Waals surface area contributed by atoms with Gasteiger partial charge in [-0.25, -0.2) is 13.8 Å². The number of anilines is 1. The molecule has 0 saturated heterocycles. The van der Waals surface area contributed by atoms with Crippen LogP contribution in [0.1, 0.15) is 34.1 Å². The van der Waals surface area contributed by atoms with E-state index in [1.165, 1.54) is 17.9 Å². The molecular formula is C21H22ClF2N3O2S. The highest BCUT2D eigenvalue weighted by Crippen LogP contribution is 2.32. The van der Waals surface area contributed by atoms with Crippen LogP contribution in [-0.4, -0.2) is 48.8 Å². The van der Waals surface area contributed by atoms with Crippen molar-refractivity contribution in [2.75, 3.05) is 32.1 Å². The van der Waals surface area contributed by atoms with E-state index in [1.54, 1.807) is 24.3 Å². The molecular weight excluding hydrogens is 432 g/mol. The Morgan fingerprint density at radius 2 is 1.67 bits per heavy atom. The lowest BCUT2D eigenvalue weighted by Gasteiger charge is -2.21. The molecule has 1 amide bonds. The number of nitrogens with zero attached hydrogens (tertiary/aromatic N) is 3. The van der Waals surface area contributed by atoms with Gasteiger partial charge in [0.05, 0.1) is 4.70 Å². The fraction of sp³-hybridized carbons (Fsp3) is 0.286. The molecule has 30 heavy (non-hydrogen) atoms. The van der Waals surface area contributed by atoms with Crippen LogP contribution in [0.3, 0.4) is 0 Å². The van der Waals surface area contributed by atoms with Gasteiger partial charge in [0.25, 0.3) is 5.91 Å². The van der Waals surface area contributed by atoms with E-state index in [0.29, 0.717) is 33.9 Å². The molecule has 0 aliphatic rings. The third-order valence-corrected chi connectivity index (χ3v) is 5.43. The second-order valence-corrected chi connectivity index (χ2v) is 7.99. The van der Waals surface area contributed by atoms with E-state index in [1.807, 2.05) is 19.0 Å². The molecule has 0 radical (unpaired) electrons. The van der Waals surface area contributed by atoms with Gasteiger partial charge >= 0.3 is 0 Å². The van der Waals surface area contributed by atoms with Crippen LogP contribution >= 0.6 is 23.7 Å². The first kappa shape index (κ1) is 23.9. The molecule has 0 spiro atoms. The van der Waals surface area contributed by atoms with Crippen molar-refractivity contribution in [1.82, 2.24) is 9.88 Å². The van der Waals surface area contributed by atoms with Gasteiger partial charge in [0.2, 0.25) is 0 Å². The smallest absolute Gasteiger partial charge is 0.260 e. The molecule has 0 aliphatic heterocycles. The second kappa shape index (κ2) is 10.1. The third-order valence-electron chi connectivity index (χ3n) is 4.40. The van der Waals surface area contributed by atoms with Gasteiger partial charge in [-0.05, 0) is 52.2 Å². The van der Waals surface area contributed by atoms with E-state index in [9.17, 15) is 18.4 Å². The maximum absolute atomic E-state index is 14.1. The summed E-state index contributed by atoms with van der Waals surface area (Å²) in [5.41, 5.74) is 0.952. The molecule has 160 valence electrons. The first-order valence-corrected chi connectivity index (χ1v) is 9.91. The SMILES string of the molecule is CC(=O)c1ccc(C(=O)N(CCCN(C)C)c2nc3c(F)cc(F)cc3s2)cc1.Cl. The Morgan fingerprint density at radius 3 is 2.27 bits per heavy atom. The van der Waals surface area contributed by atoms with Crippen LogP contribution in [0.25, 0.3) is 10.2 Å². The fourth-order valence-corrected chi connectivity index (χ4v) is 3.92. The lowest BCUT2D eigenvalue weighted by Crippen LogP contribution is -2.33. The molecule has 0 atom stereocenters. The van der Waals surface area contributed by atoms with Crippen molar-refractivity contribution in [3.8, 4) is 0 Å². The van der Waals surface area contributed by atoms with Crippen molar-refractivity contribution in [3.63, 3.8) is 0 Å². The number of carbonyl (C=O) groups excluding carboxylic acids is 2. The second-order valence-electron chi connectivity index (χ2n) is 6.98. The fourth-order valence-electron chi connectivity index (χ4n) is 2.89. The Morgan fingerprint density at radius 1 is 1.03 bits per heavy atom. The zero-order valence-electron chi connectivity index (χ0n) is 16.8. The maximum atomic E-state index is 14.1. The molecule has 3 aromatic rings. The highest BCUT2D eigenvalue weighted by atomic mass is 35.5. The molecule has 0 fully saturated rings. The van der Waals surface area contributed by atoms with Crippen molar-refractivity contribution in [3.05, 3.63) is 59.2 Å². The Bertz CT molecular complexity index is 1050. The minimum atomic E-state index is -0.756. The molecule has 1 heterocycles. The molecule has 5 nitrogen and oxygen atoms in total. The minimum absolute atomic E-state index is 0. The standard InChI is InChI=1S/C21H21F2N3O2S.ClH/c1-13(27)14-5-7-15(8-6-14)20(28)26(10-4-9-25(2)3)21-24-19-17(23)11-16(22)12-18(19)29-21;/h5-8,11-12H,4,9-10H2,1-3H3;1H. The number of ketones is 1. The van der Waals surface area contributed by atoms with Gasteiger partial charge < -0.3 is 4.90 Å². The summed E-state index contributed by atoms with van der Waals surface area (Å²) in [4.78, 5) is 32.4. The van der Waals surface area contributed by atoms with Gasteiger partial charge in [-0.1, -0.05) is 23.5 Å². The number of rotatable bonds is 7. The molecule has 2 aromatic carbocycles. The van der Waals surface area contributed by atoms with Crippen LogP contribution in [0.15, 0.2) is 36.4 Å². The number of hydrogen-bond acceptors (Lipinski definition) is 5. The zero-order chi connectivity index (χ0) is 21.1. The quantitative estimate of drug-likeness (QED) is 0.482. The maximum Gasteiger partial charge on any atom is 0.260 e. The number of Topliss-reactive ketones (excluding diaryl/α,β-unsaturated/α-hetero) is 1. The lowest BCUT2D eigenvalue weighted by atomic mass is 10.1. The molecule has 0 saturated carbocycles. The predicted octanol–water partition coefficient (Wildman–Crippen LogP) is 4.80. The van der Waals surface area contributed by atoms with Gasteiger partial charge in [0.15, 0.2) is 16.7 Å². The number of benzene rings is 2. The van der Waals surface area contributed by atoms with Crippen molar-refractivity contribution in [2.45, 2.75) is 13.3 Å². The van der Waals surface area contributed by atoms with Crippen LogP contribution in [0.5, 0.6) is 0 Å².